The van der Waals surface area contributed by atoms with E-state index in [1.165, 1.54) is 9.91 Å². The van der Waals surface area contributed by atoms with Crippen molar-refractivity contribution in [2.45, 2.75) is 32.2 Å². The van der Waals surface area contributed by atoms with Gasteiger partial charge in [-0.2, -0.15) is 0 Å². The van der Waals surface area contributed by atoms with Gasteiger partial charge in [-0.1, -0.05) is 62.4 Å². The summed E-state index contributed by atoms with van der Waals surface area (Å²) < 4.78 is 0. The molecule has 0 spiro atoms. The van der Waals surface area contributed by atoms with Gasteiger partial charge in [-0.05, 0) is 60.1 Å². The number of amides is 3. The number of hydrogen-bond donors (Lipinski definition) is 2. The summed E-state index contributed by atoms with van der Waals surface area (Å²) in [5, 5.41) is 4.18. The second kappa shape index (κ2) is 10.5. The Morgan fingerprint density at radius 1 is 0.914 bits per heavy atom. The SMILES string of the molecule is CC(C)c1ccc(NC(=O)[C@@H]2CC(=O)N(c3ccccc3)C(=S)N2NC(=O)c2ccccc2)cc1. The van der Waals surface area contributed by atoms with Crippen molar-refractivity contribution < 1.29 is 14.4 Å². The van der Waals surface area contributed by atoms with Crippen molar-refractivity contribution in [3.05, 3.63) is 96.1 Å². The minimum atomic E-state index is -1.02. The van der Waals surface area contributed by atoms with Crippen molar-refractivity contribution in [3.8, 4) is 0 Å². The van der Waals surface area contributed by atoms with Crippen LogP contribution in [0, 0.1) is 0 Å². The van der Waals surface area contributed by atoms with E-state index in [0.29, 0.717) is 22.9 Å². The first-order valence-electron chi connectivity index (χ1n) is 11.3. The van der Waals surface area contributed by atoms with Crippen LogP contribution in [-0.2, 0) is 9.59 Å². The molecule has 8 heteroatoms. The fourth-order valence-electron chi connectivity index (χ4n) is 3.80. The third kappa shape index (κ3) is 5.38. The number of thiocarbonyl (C=S) groups is 1. The smallest absolute Gasteiger partial charge is 0.269 e. The molecule has 1 heterocycles. The van der Waals surface area contributed by atoms with Crippen LogP contribution in [0.4, 0.5) is 11.4 Å². The number of nitrogens with one attached hydrogen (secondary N) is 2. The molecule has 1 aliphatic heterocycles. The highest BCUT2D eigenvalue weighted by Crippen LogP contribution is 2.25. The molecule has 1 atom stereocenters. The molecule has 35 heavy (non-hydrogen) atoms. The van der Waals surface area contributed by atoms with E-state index >= 15 is 0 Å². The van der Waals surface area contributed by atoms with Gasteiger partial charge in [0.15, 0.2) is 0 Å². The number of benzene rings is 3. The van der Waals surface area contributed by atoms with Crippen LogP contribution in [0.25, 0.3) is 0 Å². The molecule has 1 aliphatic rings. The van der Waals surface area contributed by atoms with Gasteiger partial charge in [0, 0.05) is 11.3 Å². The van der Waals surface area contributed by atoms with E-state index in [2.05, 4.69) is 24.6 Å². The monoisotopic (exact) mass is 486 g/mol. The number of para-hydroxylation sites is 1. The van der Waals surface area contributed by atoms with Gasteiger partial charge in [0.05, 0.1) is 12.1 Å². The number of rotatable bonds is 6. The number of hydrazine groups is 1. The third-order valence-corrected chi connectivity index (χ3v) is 6.13. The van der Waals surface area contributed by atoms with E-state index in [0.717, 1.165) is 5.56 Å². The van der Waals surface area contributed by atoms with Crippen molar-refractivity contribution in [2.75, 3.05) is 10.2 Å². The summed E-state index contributed by atoms with van der Waals surface area (Å²) in [7, 11) is 0. The molecular formula is C27H26N4O3S. The van der Waals surface area contributed by atoms with Crippen molar-refractivity contribution in [3.63, 3.8) is 0 Å². The summed E-state index contributed by atoms with van der Waals surface area (Å²) in [6, 6.07) is 24.0. The predicted molar refractivity (Wildman–Crippen MR) is 140 cm³/mol. The molecular weight excluding hydrogens is 460 g/mol. The lowest BCUT2D eigenvalue weighted by Gasteiger charge is -2.41. The Hall–Kier alpha value is -4.04. The van der Waals surface area contributed by atoms with Gasteiger partial charge in [0.2, 0.25) is 16.9 Å². The Labute approximate surface area is 209 Å². The fraction of sp³-hybridized carbons (Fsp3) is 0.185. The van der Waals surface area contributed by atoms with Crippen molar-refractivity contribution in [1.29, 1.82) is 0 Å². The zero-order valence-corrected chi connectivity index (χ0v) is 20.3. The summed E-state index contributed by atoms with van der Waals surface area (Å²) in [5.41, 5.74) is 5.45. The second-order valence-corrected chi connectivity index (χ2v) is 8.88. The highest BCUT2D eigenvalue weighted by atomic mass is 32.1. The van der Waals surface area contributed by atoms with Gasteiger partial charge >= 0.3 is 0 Å². The quantitative estimate of drug-likeness (QED) is 0.502. The Morgan fingerprint density at radius 3 is 2.11 bits per heavy atom. The molecule has 0 saturated carbocycles. The number of hydrogen-bond acceptors (Lipinski definition) is 4. The molecule has 0 aromatic heterocycles. The molecule has 0 aliphatic carbocycles. The second-order valence-electron chi connectivity index (χ2n) is 8.51. The zero-order chi connectivity index (χ0) is 24.9. The van der Waals surface area contributed by atoms with Gasteiger partial charge in [-0.25, -0.2) is 5.01 Å². The average molecular weight is 487 g/mol. The first-order chi connectivity index (χ1) is 16.8. The lowest BCUT2D eigenvalue weighted by Crippen LogP contribution is -2.65. The van der Waals surface area contributed by atoms with Gasteiger partial charge in [0.25, 0.3) is 5.91 Å². The molecule has 7 nitrogen and oxygen atoms in total. The van der Waals surface area contributed by atoms with E-state index in [1.54, 1.807) is 54.6 Å². The van der Waals surface area contributed by atoms with Gasteiger partial charge in [0.1, 0.15) is 6.04 Å². The molecule has 178 valence electrons. The Kier molecular flexibility index (Phi) is 7.22. The summed E-state index contributed by atoms with van der Waals surface area (Å²) in [6.07, 6.45) is -0.167. The van der Waals surface area contributed by atoms with Crippen LogP contribution in [0.2, 0.25) is 0 Å². The molecule has 3 aromatic rings. The molecule has 2 N–H and O–H groups in total. The number of carbonyl (C=O) groups is 3. The van der Waals surface area contributed by atoms with E-state index in [-0.39, 0.29) is 17.4 Å². The van der Waals surface area contributed by atoms with E-state index in [1.807, 2.05) is 30.3 Å². The average Bonchev–Trinajstić information content (AvgIpc) is 2.87. The van der Waals surface area contributed by atoms with Crippen LogP contribution in [0.5, 0.6) is 0 Å². The fourth-order valence-corrected chi connectivity index (χ4v) is 4.18. The highest BCUT2D eigenvalue weighted by molar-refractivity contribution is 7.80. The molecule has 0 unspecified atom stereocenters. The maximum Gasteiger partial charge on any atom is 0.269 e. The van der Waals surface area contributed by atoms with E-state index < -0.39 is 17.9 Å². The van der Waals surface area contributed by atoms with Crippen molar-refractivity contribution >= 4 is 46.4 Å². The summed E-state index contributed by atoms with van der Waals surface area (Å²) >= 11 is 5.62. The number of anilines is 2. The van der Waals surface area contributed by atoms with E-state index in [4.69, 9.17) is 12.2 Å². The largest absolute Gasteiger partial charge is 0.324 e. The minimum absolute atomic E-state index is 0.0204. The van der Waals surface area contributed by atoms with Crippen LogP contribution < -0.4 is 15.6 Å². The molecule has 4 rings (SSSR count). The van der Waals surface area contributed by atoms with Crippen LogP contribution >= 0.6 is 12.2 Å². The predicted octanol–water partition coefficient (Wildman–Crippen LogP) is 4.49. The minimum Gasteiger partial charge on any atom is -0.324 e. The first kappa shape index (κ1) is 24.1. The van der Waals surface area contributed by atoms with Crippen LogP contribution in [-0.4, -0.2) is 33.9 Å². The third-order valence-electron chi connectivity index (χ3n) is 5.75. The van der Waals surface area contributed by atoms with Gasteiger partial charge in [-0.15, -0.1) is 0 Å². The van der Waals surface area contributed by atoms with Crippen molar-refractivity contribution in [2.24, 2.45) is 0 Å². The van der Waals surface area contributed by atoms with Gasteiger partial charge < -0.3 is 5.32 Å². The normalized spacial score (nSPS) is 15.8. The Morgan fingerprint density at radius 2 is 1.51 bits per heavy atom. The first-order valence-corrected chi connectivity index (χ1v) is 11.7. The molecule has 0 bridgehead atoms. The number of nitrogens with zero attached hydrogens (tertiary/aromatic N) is 2. The summed E-state index contributed by atoms with van der Waals surface area (Å²) in [6.45, 7) is 4.18. The zero-order valence-electron chi connectivity index (χ0n) is 19.5. The lowest BCUT2D eigenvalue weighted by molar-refractivity contribution is -0.127. The highest BCUT2D eigenvalue weighted by Gasteiger charge is 2.41. The maximum atomic E-state index is 13.3. The van der Waals surface area contributed by atoms with Crippen molar-refractivity contribution in [1.82, 2.24) is 10.4 Å². The topological polar surface area (TPSA) is 81.8 Å². The standard InChI is InChI=1S/C27H26N4O3S/c1-18(2)19-13-15-21(16-14-19)28-26(34)23-17-24(32)30(22-11-7-4-8-12-22)27(35)31(23)29-25(33)20-9-5-3-6-10-20/h3-16,18,23H,17H2,1-2H3,(H,28,34)(H,29,33)/t23-/m0/s1. The molecule has 1 saturated heterocycles. The van der Waals surface area contributed by atoms with E-state index in [9.17, 15) is 14.4 Å². The maximum absolute atomic E-state index is 13.3. The lowest BCUT2D eigenvalue weighted by atomic mass is 10.0. The molecule has 3 amide bonds. The Bertz CT molecular complexity index is 1230. The molecule has 3 aromatic carbocycles. The Balaban J connectivity index is 1.61. The molecule has 0 radical (unpaired) electrons. The van der Waals surface area contributed by atoms with Crippen LogP contribution in [0.1, 0.15) is 42.1 Å². The molecule has 1 fully saturated rings. The number of carbonyl (C=O) groups excluding carboxylic acids is 3. The van der Waals surface area contributed by atoms with Gasteiger partial charge in [-0.3, -0.25) is 24.7 Å². The van der Waals surface area contributed by atoms with Crippen LogP contribution in [0.15, 0.2) is 84.9 Å². The summed E-state index contributed by atoms with van der Waals surface area (Å²) in [5.74, 6) is -0.851. The van der Waals surface area contributed by atoms with Crippen LogP contribution in [0.3, 0.4) is 0 Å². The summed E-state index contributed by atoms with van der Waals surface area (Å²) in [4.78, 5) is 40.7.